The van der Waals surface area contributed by atoms with Crippen molar-refractivity contribution in [2.45, 2.75) is 54.5 Å². The van der Waals surface area contributed by atoms with Gasteiger partial charge in [0.05, 0.1) is 0 Å². The van der Waals surface area contributed by atoms with Crippen LogP contribution in [0.3, 0.4) is 0 Å². The van der Waals surface area contributed by atoms with Gasteiger partial charge in [0, 0.05) is 0 Å². The fourth-order valence-electron chi connectivity index (χ4n) is 2.82. The van der Waals surface area contributed by atoms with E-state index in [0.717, 1.165) is 8.87 Å². The summed E-state index contributed by atoms with van der Waals surface area (Å²) < 4.78 is 20.7. The first kappa shape index (κ1) is 20.9. The van der Waals surface area contributed by atoms with Crippen molar-refractivity contribution in [3.63, 3.8) is 0 Å². The average Bonchev–Trinajstić information content (AvgIpc) is 2.94. The van der Waals surface area contributed by atoms with Crippen LogP contribution < -0.4 is 4.74 Å². The van der Waals surface area contributed by atoms with Crippen LogP contribution in [0.2, 0.25) is 23.9 Å². The number of ether oxygens (including phenoxy) is 1. The van der Waals surface area contributed by atoms with Crippen molar-refractivity contribution >= 4 is 54.0 Å². The molecule has 1 atom stereocenters. The molecule has 7 heteroatoms. The third-order valence-corrected chi connectivity index (χ3v) is 15.4. The summed E-state index contributed by atoms with van der Waals surface area (Å²) >= 11 is 15.3. The van der Waals surface area contributed by atoms with Crippen LogP contribution in [0.5, 0.6) is 5.75 Å². The minimum absolute atomic E-state index is 0.0303. The van der Waals surface area contributed by atoms with Crippen LogP contribution in [-0.2, 0) is 6.15 Å². The Bertz CT molecular complexity index is 511. The van der Waals surface area contributed by atoms with Gasteiger partial charge in [-0.15, -0.1) is 0 Å². The monoisotopic (exact) mass is 502 g/mol. The van der Waals surface area contributed by atoms with Crippen LogP contribution in [0.1, 0.15) is 39.5 Å². The predicted octanol–water partition coefficient (Wildman–Crippen LogP) is 6.48. The van der Waals surface area contributed by atoms with E-state index in [9.17, 15) is 0 Å². The van der Waals surface area contributed by atoms with E-state index in [1.165, 1.54) is 25.7 Å². The van der Waals surface area contributed by atoms with Gasteiger partial charge in [-0.25, -0.2) is 0 Å². The van der Waals surface area contributed by atoms with Gasteiger partial charge < -0.3 is 0 Å². The van der Waals surface area contributed by atoms with E-state index in [2.05, 4.69) is 13.8 Å². The van der Waals surface area contributed by atoms with Gasteiger partial charge >= 0.3 is 166 Å². The molecule has 1 aliphatic rings. The molecular weight excluding hydrogens is 477 g/mol. The number of benzene rings is 1. The molecule has 136 valence electrons. The zero-order valence-corrected chi connectivity index (χ0v) is 19.4. The maximum absolute atomic E-state index is 6.43. The first-order valence-corrected chi connectivity index (χ1v) is 16.1. The molecule has 0 radical (unpaired) electrons. The van der Waals surface area contributed by atoms with Gasteiger partial charge in [-0.3, -0.25) is 0 Å². The summed E-state index contributed by atoms with van der Waals surface area (Å²) in [5.41, 5.74) is 0. The Morgan fingerprint density at radius 1 is 1.08 bits per heavy atom. The molecule has 0 aromatic heterocycles. The fraction of sp³-hybridized carbons (Fsp3) is 0.647. The van der Waals surface area contributed by atoms with Crippen molar-refractivity contribution in [3.05, 3.63) is 27.2 Å². The van der Waals surface area contributed by atoms with E-state index in [1.807, 2.05) is 0 Å². The molecule has 0 aliphatic carbocycles. The van der Waals surface area contributed by atoms with Crippen molar-refractivity contribution in [2.24, 2.45) is 0 Å². The molecule has 0 spiro atoms. The summed E-state index contributed by atoms with van der Waals surface area (Å²) in [5, 5.41) is 1.32. The Balaban J connectivity index is 1.94. The van der Waals surface area contributed by atoms with Crippen molar-refractivity contribution in [1.82, 2.24) is 0 Å². The molecule has 0 N–H and O–H groups in total. The van der Waals surface area contributed by atoms with E-state index in [0.29, 0.717) is 34.0 Å². The molecule has 0 saturated carbocycles. The van der Waals surface area contributed by atoms with Crippen LogP contribution >= 0.6 is 34.8 Å². The third kappa shape index (κ3) is 5.81. The molecule has 0 unspecified atom stereocenters. The second-order valence-corrected chi connectivity index (χ2v) is 17.0. The quantitative estimate of drug-likeness (QED) is 0.362. The van der Waals surface area contributed by atoms with Crippen molar-refractivity contribution in [2.75, 3.05) is 13.2 Å². The standard InChI is InChI=1S/C9H7Cl3O3.2C4H9.Sn/c10-5-1-7(11)9(8(12)2-5)15-4-6(14)3-13;2*1-3-4-2;/h1-2,6H,3-4H2;2*1,3-4H2,2H3;/q-2;;;+2/t6-;;;/m1.../s1. The summed E-state index contributed by atoms with van der Waals surface area (Å²) in [6, 6.07) is 3.25. The van der Waals surface area contributed by atoms with Gasteiger partial charge in [-0.1, -0.05) is 0 Å². The van der Waals surface area contributed by atoms with E-state index in [4.69, 9.17) is 45.7 Å². The van der Waals surface area contributed by atoms with Crippen LogP contribution in [0.15, 0.2) is 12.1 Å². The van der Waals surface area contributed by atoms with E-state index >= 15 is 0 Å². The summed E-state index contributed by atoms with van der Waals surface area (Å²) in [5.74, 6) is 0.459. The molecule has 1 aliphatic heterocycles. The molecule has 0 amide bonds. The molecule has 1 heterocycles. The summed E-state index contributed by atoms with van der Waals surface area (Å²) in [4.78, 5) is 0. The Morgan fingerprint density at radius 2 is 1.67 bits per heavy atom. The normalized spacial score (nSPS) is 19.6. The van der Waals surface area contributed by atoms with E-state index in [-0.39, 0.29) is 6.10 Å². The zero-order chi connectivity index (χ0) is 17.6. The number of halogens is 3. The number of hydrogen-bond donors (Lipinski definition) is 0. The second-order valence-electron chi connectivity index (χ2n) is 6.18. The fourth-order valence-corrected chi connectivity index (χ4v) is 14.8. The molecule has 1 fully saturated rings. The molecule has 24 heavy (non-hydrogen) atoms. The van der Waals surface area contributed by atoms with Crippen LogP contribution in [0.4, 0.5) is 0 Å². The Hall–Kier alpha value is 0.609. The van der Waals surface area contributed by atoms with Crippen LogP contribution in [0.25, 0.3) is 0 Å². The Morgan fingerprint density at radius 3 is 2.21 bits per heavy atom. The SMILES string of the molecule is CCC[CH2][Sn]1([CH2]CCC)[O]C[C@H](COc2c(Cl)cc(Cl)cc2Cl)[O]1. The van der Waals surface area contributed by atoms with E-state index in [1.54, 1.807) is 12.1 Å². The topological polar surface area (TPSA) is 27.7 Å². The Kier molecular flexibility index (Phi) is 8.78. The van der Waals surface area contributed by atoms with Gasteiger partial charge in [-0.05, 0) is 0 Å². The molecule has 3 nitrogen and oxygen atoms in total. The van der Waals surface area contributed by atoms with Crippen LogP contribution in [0, 0.1) is 0 Å². The van der Waals surface area contributed by atoms with Gasteiger partial charge in [0.25, 0.3) is 0 Å². The maximum atomic E-state index is 6.43. The molecule has 0 bridgehead atoms. The van der Waals surface area contributed by atoms with Crippen molar-refractivity contribution in [1.29, 1.82) is 0 Å². The van der Waals surface area contributed by atoms with E-state index < -0.39 is 19.2 Å². The first-order valence-electron chi connectivity index (χ1n) is 8.58. The van der Waals surface area contributed by atoms with Crippen LogP contribution in [-0.4, -0.2) is 38.5 Å². The van der Waals surface area contributed by atoms with Gasteiger partial charge in [0.15, 0.2) is 0 Å². The number of hydrogen-bond acceptors (Lipinski definition) is 3. The number of rotatable bonds is 9. The van der Waals surface area contributed by atoms with Gasteiger partial charge in [0.2, 0.25) is 0 Å². The summed E-state index contributed by atoms with van der Waals surface area (Å²) in [6.07, 6.45) is 4.69. The van der Waals surface area contributed by atoms with Crippen molar-refractivity contribution < 1.29 is 10.9 Å². The second kappa shape index (κ2) is 10.1. The van der Waals surface area contributed by atoms with Crippen molar-refractivity contribution in [3.8, 4) is 5.75 Å². The summed E-state index contributed by atoms with van der Waals surface area (Å²) in [6.45, 7) is 5.43. The molecule has 1 aromatic carbocycles. The number of unbranched alkanes of at least 4 members (excludes halogenated alkanes) is 2. The molecule has 1 saturated heterocycles. The molecule has 2 rings (SSSR count). The Labute approximate surface area is 164 Å². The average molecular weight is 502 g/mol. The molecule has 1 aromatic rings. The third-order valence-electron chi connectivity index (χ3n) is 4.11. The minimum atomic E-state index is -2.91. The van der Waals surface area contributed by atoms with Gasteiger partial charge in [0.1, 0.15) is 0 Å². The van der Waals surface area contributed by atoms with Gasteiger partial charge in [-0.2, -0.15) is 0 Å². The zero-order valence-electron chi connectivity index (χ0n) is 14.2. The molecular formula is C17H25Cl3O3Sn. The predicted molar refractivity (Wildman–Crippen MR) is 103 cm³/mol. The summed E-state index contributed by atoms with van der Waals surface area (Å²) in [7, 11) is 0. The first-order chi connectivity index (χ1) is 11.5.